The number of rotatable bonds is 6. The van der Waals surface area contributed by atoms with Crippen molar-refractivity contribution >= 4 is 11.2 Å². The number of nitrogens with two attached hydrogens (primary N) is 1. The van der Waals surface area contributed by atoms with Crippen molar-refractivity contribution in [2.24, 2.45) is 11.7 Å². The molecule has 0 bridgehead atoms. The van der Waals surface area contributed by atoms with E-state index in [0.717, 1.165) is 55.2 Å². The van der Waals surface area contributed by atoms with Crippen molar-refractivity contribution in [1.29, 1.82) is 0 Å². The first-order valence-corrected chi connectivity index (χ1v) is 9.70. The highest BCUT2D eigenvalue weighted by Crippen LogP contribution is 2.24. The van der Waals surface area contributed by atoms with Gasteiger partial charge in [0.15, 0.2) is 5.65 Å². The minimum absolute atomic E-state index is 0.211. The Hall–Kier alpha value is -2.31. The van der Waals surface area contributed by atoms with E-state index in [2.05, 4.69) is 14.5 Å². The zero-order valence-corrected chi connectivity index (χ0v) is 15.5. The average molecular weight is 367 g/mol. The second-order valence-corrected chi connectivity index (χ2v) is 7.36. The van der Waals surface area contributed by atoms with Gasteiger partial charge < -0.3 is 15.2 Å². The second kappa shape index (κ2) is 8.15. The van der Waals surface area contributed by atoms with Crippen LogP contribution >= 0.6 is 0 Å². The van der Waals surface area contributed by atoms with E-state index in [1.165, 1.54) is 25.0 Å². The van der Waals surface area contributed by atoms with E-state index in [9.17, 15) is 4.39 Å². The van der Waals surface area contributed by atoms with Crippen molar-refractivity contribution in [3.05, 3.63) is 59.8 Å². The van der Waals surface area contributed by atoms with Gasteiger partial charge in [-0.1, -0.05) is 12.1 Å². The second-order valence-electron chi connectivity index (χ2n) is 7.36. The first kappa shape index (κ1) is 18.1. The zero-order chi connectivity index (χ0) is 18.6. The van der Waals surface area contributed by atoms with Gasteiger partial charge in [0.2, 0.25) is 0 Å². The molecule has 4 rings (SSSR count). The smallest absolute Gasteiger partial charge is 0.160 e. The number of fused-ring (bicyclic) bond motifs is 1. The molecule has 0 spiro atoms. The van der Waals surface area contributed by atoms with E-state index in [4.69, 9.17) is 10.7 Å². The highest BCUT2D eigenvalue weighted by Gasteiger charge is 2.22. The van der Waals surface area contributed by atoms with Crippen LogP contribution in [0.15, 0.2) is 42.6 Å². The number of nitrogens with zero attached hydrogens (tertiary/aromatic N) is 4. The fourth-order valence-corrected chi connectivity index (χ4v) is 3.95. The van der Waals surface area contributed by atoms with Crippen LogP contribution in [-0.4, -0.2) is 45.6 Å². The standard InChI is InChI=1S/C21H26FN5/c22-18-5-3-17(4-6-18)15-27-20(25-19-2-1-10-24-21(19)27)14-16-7-11-26(12-8-16)13-9-23/h1-6,10,16H,7-9,11-15,23H2. The molecule has 0 unspecified atom stereocenters. The van der Waals surface area contributed by atoms with Crippen molar-refractivity contribution in [2.75, 3.05) is 26.2 Å². The van der Waals surface area contributed by atoms with Crippen LogP contribution in [0.5, 0.6) is 0 Å². The summed E-state index contributed by atoms with van der Waals surface area (Å²) in [6, 6.07) is 10.6. The molecule has 3 aromatic rings. The van der Waals surface area contributed by atoms with Gasteiger partial charge >= 0.3 is 0 Å². The van der Waals surface area contributed by atoms with Crippen molar-refractivity contribution in [3.63, 3.8) is 0 Å². The Morgan fingerprint density at radius 1 is 1.11 bits per heavy atom. The number of hydrogen-bond donors (Lipinski definition) is 1. The predicted octanol–water partition coefficient (Wildman–Crippen LogP) is 2.83. The van der Waals surface area contributed by atoms with E-state index in [-0.39, 0.29) is 5.82 Å². The third-order valence-corrected chi connectivity index (χ3v) is 5.46. The molecule has 2 N–H and O–H groups in total. The summed E-state index contributed by atoms with van der Waals surface area (Å²) in [6.07, 6.45) is 5.11. The topological polar surface area (TPSA) is 60.0 Å². The minimum atomic E-state index is -0.211. The monoisotopic (exact) mass is 367 g/mol. The van der Waals surface area contributed by atoms with Crippen LogP contribution in [0.4, 0.5) is 4.39 Å². The van der Waals surface area contributed by atoms with E-state index < -0.39 is 0 Å². The van der Waals surface area contributed by atoms with Crippen molar-refractivity contribution < 1.29 is 4.39 Å². The summed E-state index contributed by atoms with van der Waals surface area (Å²) in [4.78, 5) is 11.9. The fourth-order valence-electron chi connectivity index (χ4n) is 3.95. The molecule has 1 saturated heterocycles. The molecule has 0 aliphatic carbocycles. The van der Waals surface area contributed by atoms with Gasteiger partial charge in [-0.25, -0.2) is 14.4 Å². The van der Waals surface area contributed by atoms with Gasteiger partial charge in [-0.3, -0.25) is 0 Å². The number of imidazole rings is 1. The van der Waals surface area contributed by atoms with E-state index >= 15 is 0 Å². The summed E-state index contributed by atoms with van der Waals surface area (Å²) in [7, 11) is 0. The predicted molar refractivity (Wildman–Crippen MR) is 105 cm³/mol. The molecule has 5 nitrogen and oxygen atoms in total. The molecule has 1 aromatic carbocycles. The summed E-state index contributed by atoms with van der Waals surface area (Å²) >= 11 is 0. The van der Waals surface area contributed by atoms with Crippen LogP contribution in [0.25, 0.3) is 11.2 Å². The summed E-state index contributed by atoms with van der Waals surface area (Å²) < 4.78 is 15.4. The van der Waals surface area contributed by atoms with Gasteiger partial charge in [0.25, 0.3) is 0 Å². The van der Waals surface area contributed by atoms with Crippen molar-refractivity contribution in [3.8, 4) is 0 Å². The number of piperidine rings is 1. The first-order valence-electron chi connectivity index (χ1n) is 9.70. The summed E-state index contributed by atoms with van der Waals surface area (Å²) in [5.41, 5.74) is 8.56. The van der Waals surface area contributed by atoms with Crippen LogP contribution in [0.3, 0.4) is 0 Å². The number of hydrogen-bond acceptors (Lipinski definition) is 4. The average Bonchev–Trinajstić information content (AvgIpc) is 3.02. The van der Waals surface area contributed by atoms with Gasteiger partial charge in [-0.05, 0) is 61.7 Å². The maximum Gasteiger partial charge on any atom is 0.160 e. The molecule has 1 aliphatic rings. The summed E-state index contributed by atoms with van der Waals surface area (Å²) in [6.45, 7) is 4.59. The van der Waals surface area contributed by atoms with Gasteiger partial charge in [-0.15, -0.1) is 0 Å². The van der Waals surface area contributed by atoms with Gasteiger partial charge in [0.05, 0.1) is 6.54 Å². The Morgan fingerprint density at radius 3 is 2.63 bits per heavy atom. The summed E-state index contributed by atoms with van der Waals surface area (Å²) in [5.74, 6) is 1.49. The number of likely N-dealkylation sites (tertiary alicyclic amines) is 1. The van der Waals surface area contributed by atoms with Crippen molar-refractivity contribution in [2.45, 2.75) is 25.8 Å². The lowest BCUT2D eigenvalue weighted by atomic mass is 9.93. The quantitative estimate of drug-likeness (QED) is 0.728. The molecule has 0 amide bonds. The lowest BCUT2D eigenvalue weighted by Gasteiger charge is -2.31. The van der Waals surface area contributed by atoms with Gasteiger partial charge in [-0.2, -0.15) is 0 Å². The third kappa shape index (κ3) is 4.17. The molecule has 142 valence electrons. The lowest BCUT2D eigenvalue weighted by molar-refractivity contribution is 0.186. The van der Waals surface area contributed by atoms with E-state index in [1.807, 2.05) is 24.3 Å². The number of aromatic nitrogens is 3. The fraction of sp³-hybridized carbons (Fsp3) is 0.429. The highest BCUT2D eigenvalue weighted by molar-refractivity contribution is 5.71. The Morgan fingerprint density at radius 2 is 1.89 bits per heavy atom. The maximum absolute atomic E-state index is 13.2. The van der Waals surface area contributed by atoms with Gasteiger partial charge in [0.1, 0.15) is 17.2 Å². The SMILES string of the molecule is NCCN1CCC(Cc2nc3cccnc3n2Cc2ccc(F)cc2)CC1. The molecule has 0 atom stereocenters. The zero-order valence-electron chi connectivity index (χ0n) is 15.5. The molecular weight excluding hydrogens is 341 g/mol. The molecule has 1 aliphatic heterocycles. The van der Waals surface area contributed by atoms with Crippen LogP contribution in [-0.2, 0) is 13.0 Å². The van der Waals surface area contributed by atoms with Crippen LogP contribution in [0.2, 0.25) is 0 Å². The third-order valence-electron chi connectivity index (χ3n) is 5.46. The van der Waals surface area contributed by atoms with Gasteiger partial charge in [0, 0.05) is 25.7 Å². The number of pyridine rings is 1. The Kier molecular flexibility index (Phi) is 5.45. The lowest BCUT2D eigenvalue weighted by Crippen LogP contribution is -2.37. The van der Waals surface area contributed by atoms with E-state index in [0.29, 0.717) is 12.5 Å². The van der Waals surface area contributed by atoms with Crippen LogP contribution in [0.1, 0.15) is 24.2 Å². The normalized spacial score (nSPS) is 16.2. The number of halogens is 1. The molecule has 2 aromatic heterocycles. The molecule has 0 saturated carbocycles. The highest BCUT2D eigenvalue weighted by atomic mass is 19.1. The Bertz CT molecular complexity index is 881. The molecule has 0 radical (unpaired) electrons. The summed E-state index contributed by atoms with van der Waals surface area (Å²) in [5, 5.41) is 0. The minimum Gasteiger partial charge on any atom is -0.329 e. The molecule has 3 heterocycles. The molecular formula is C21H26FN5. The maximum atomic E-state index is 13.2. The molecule has 1 fully saturated rings. The largest absolute Gasteiger partial charge is 0.329 e. The molecule has 6 heteroatoms. The molecule has 27 heavy (non-hydrogen) atoms. The van der Waals surface area contributed by atoms with E-state index in [1.54, 1.807) is 6.20 Å². The Balaban J connectivity index is 1.56. The first-order chi connectivity index (χ1) is 13.2. The Labute approximate surface area is 159 Å². The van der Waals surface area contributed by atoms with Crippen LogP contribution < -0.4 is 5.73 Å². The van der Waals surface area contributed by atoms with Crippen LogP contribution in [0, 0.1) is 11.7 Å². The number of benzene rings is 1. The van der Waals surface area contributed by atoms with Crippen molar-refractivity contribution in [1.82, 2.24) is 19.4 Å².